The average Bonchev–Trinajstić information content (AvgIpc) is 2.60. The zero-order valence-electron chi connectivity index (χ0n) is 13.4. The SMILES string of the molecule is COc1cc(Cl)ccc1OCNc1cc(Cl)c2c(c1O)CCC(=O)N2. The van der Waals surface area contributed by atoms with Crippen LogP contribution in [0.2, 0.25) is 10.0 Å². The third kappa shape index (κ3) is 3.70. The molecule has 1 amide bonds. The summed E-state index contributed by atoms with van der Waals surface area (Å²) in [5.41, 5.74) is 1.49. The number of methoxy groups -OCH3 is 1. The Hall–Kier alpha value is -2.31. The molecule has 0 spiro atoms. The number of benzene rings is 2. The Morgan fingerprint density at radius 1 is 1.24 bits per heavy atom. The molecular formula is C17H16Cl2N2O4. The van der Waals surface area contributed by atoms with Gasteiger partial charge in [-0.05, 0) is 24.6 Å². The van der Waals surface area contributed by atoms with E-state index in [0.717, 1.165) is 0 Å². The van der Waals surface area contributed by atoms with Gasteiger partial charge in [0.1, 0.15) is 5.75 Å². The Kier molecular flexibility index (Phi) is 5.11. The van der Waals surface area contributed by atoms with Gasteiger partial charge in [0.15, 0.2) is 18.2 Å². The fourth-order valence-electron chi connectivity index (χ4n) is 2.60. The van der Waals surface area contributed by atoms with E-state index in [2.05, 4.69) is 10.6 Å². The quantitative estimate of drug-likeness (QED) is 0.537. The maximum atomic E-state index is 11.5. The van der Waals surface area contributed by atoms with Crippen molar-refractivity contribution in [2.24, 2.45) is 0 Å². The lowest BCUT2D eigenvalue weighted by molar-refractivity contribution is -0.116. The van der Waals surface area contributed by atoms with E-state index in [1.165, 1.54) is 7.11 Å². The molecule has 0 saturated carbocycles. The number of fused-ring (bicyclic) bond motifs is 1. The lowest BCUT2D eigenvalue weighted by atomic mass is 10.0. The molecule has 6 nitrogen and oxygen atoms in total. The van der Waals surface area contributed by atoms with Crippen molar-refractivity contribution in [2.45, 2.75) is 12.8 Å². The Labute approximate surface area is 154 Å². The van der Waals surface area contributed by atoms with E-state index < -0.39 is 0 Å². The number of phenols is 1. The Morgan fingerprint density at radius 2 is 2.04 bits per heavy atom. The second kappa shape index (κ2) is 7.29. The van der Waals surface area contributed by atoms with E-state index >= 15 is 0 Å². The number of phenolic OH excluding ortho intramolecular Hbond substituents is 1. The number of halogens is 2. The van der Waals surface area contributed by atoms with E-state index in [1.54, 1.807) is 24.3 Å². The molecule has 0 aliphatic carbocycles. The van der Waals surface area contributed by atoms with Gasteiger partial charge in [-0.3, -0.25) is 4.79 Å². The van der Waals surface area contributed by atoms with Crippen molar-refractivity contribution in [1.29, 1.82) is 0 Å². The first-order valence-electron chi connectivity index (χ1n) is 7.54. The fourth-order valence-corrected chi connectivity index (χ4v) is 3.03. The molecule has 0 radical (unpaired) electrons. The van der Waals surface area contributed by atoms with Crippen LogP contribution in [-0.2, 0) is 11.2 Å². The number of anilines is 2. The van der Waals surface area contributed by atoms with E-state index in [1.807, 2.05) is 0 Å². The van der Waals surface area contributed by atoms with Crippen LogP contribution in [0.5, 0.6) is 17.2 Å². The maximum absolute atomic E-state index is 11.5. The molecule has 3 N–H and O–H groups in total. The fraction of sp³-hybridized carbons (Fsp3) is 0.235. The van der Waals surface area contributed by atoms with Crippen LogP contribution < -0.4 is 20.1 Å². The van der Waals surface area contributed by atoms with Gasteiger partial charge in [0.05, 0.1) is 23.5 Å². The molecule has 0 aromatic heterocycles. The van der Waals surface area contributed by atoms with Gasteiger partial charge in [-0.15, -0.1) is 0 Å². The van der Waals surface area contributed by atoms with Gasteiger partial charge in [-0.1, -0.05) is 23.2 Å². The minimum absolute atomic E-state index is 0.0473. The van der Waals surface area contributed by atoms with Crippen LogP contribution in [0.25, 0.3) is 0 Å². The normalized spacial score (nSPS) is 13.0. The highest BCUT2D eigenvalue weighted by Gasteiger charge is 2.23. The molecule has 1 heterocycles. The lowest BCUT2D eigenvalue weighted by Gasteiger charge is -2.21. The van der Waals surface area contributed by atoms with Crippen LogP contribution in [0.1, 0.15) is 12.0 Å². The Balaban J connectivity index is 1.74. The van der Waals surface area contributed by atoms with Gasteiger partial charge < -0.3 is 25.2 Å². The minimum atomic E-state index is -0.118. The van der Waals surface area contributed by atoms with Gasteiger partial charge >= 0.3 is 0 Å². The number of carbonyl (C=O) groups excluding carboxylic acids is 1. The summed E-state index contributed by atoms with van der Waals surface area (Å²) in [5, 5.41) is 17.0. The summed E-state index contributed by atoms with van der Waals surface area (Å²) >= 11 is 12.1. The monoisotopic (exact) mass is 382 g/mol. The van der Waals surface area contributed by atoms with Crippen LogP contribution >= 0.6 is 23.2 Å². The molecule has 8 heteroatoms. The molecule has 2 aromatic rings. The lowest BCUT2D eigenvalue weighted by Crippen LogP contribution is -2.20. The third-order valence-corrected chi connectivity index (χ3v) is 4.37. The summed E-state index contributed by atoms with van der Waals surface area (Å²) < 4.78 is 10.8. The van der Waals surface area contributed by atoms with Crippen molar-refractivity contribution in [2.75, 3.05) is 24.5 Å². The van der Waals surface area contributed by atoms with Gasteiger partial charge in [-0.2, -0.15) is 0 Å². The highest BCUT2D eigenvalue weighted by molar-refractivity contribution is 6.34. The zero-order valence-corrected chi connectivity index (χ0v) is 14.9. The van der Waals surface area contributed by atoms with Gasteiger partial charge in [0.25, 0.3) is 0 Å². The van der Waals surface area contributed by atoms with Crippen LogP contribution in [0.15, 0.2) is 24.3 Å². The van der Waals surface area contributed by atoms with Crippen LogP contribution in [-0.4, -0.2) is 24.9 Å². The predicted molar refractivity (Wildman–Crippen MR) is 97.2 cm³/mol. The summed E-state index contributed by atoms with van der Waals surface area (Å²) in [6.45, 7) is 0.0764. The van der Waals surface area contributed by atoms with E-state index in [-0.39, 0.29) is 18.4 Å². The highest BCUT2D eigenvalue weighted by atomic mass is 35.5. The number of rotatable bonds is 5. The molecule has 1 aliphatic rings. The topological polar surface area (TPSA) is 79.8 Å². The number of carbonyl (C=O) groups is 1. The van der Waals surface area contributed by atoms with E-state index in [4.69, 9.17) is 32.7 Å². The summed E-state index contributed by atoms with van der Waals surface area (Å²) in [5.74, 6) is 0.943. The summed E-state index contributed by atoms with van der Waals surface area (Å²) in [6.07, 6.45) is 0.729. The minimum Gasteiger partial charge on any atom is -0.505 e. The van der Waals surface area contributed by atoms with Gasteiger partial charge in [0.2, 0.25) is 5.91 Å². The molecule has 3 rings (SSSR count). The largest absolute Gasteiger partial charge is 0.505 e. The molecule has 2 aromatic carbocycles. The molecule has 0 bridgehead atoms. The summed E-state index contributed by atoms with van der Waals surface area (Å²) in [6, 6.07) is 6.57. The number of hydrogen-bond acceptors (Lipinski definition) is 5. The highest BCUT2D eigenvalue weighted by Crippen LogP contribution is 2.41. The first kappa shape index (κ1) is 17.5. The molecule has 1 aliphatic heterocycles. The van der Waals surface area contributed by atoms with Crippen molar-refractivity contribution in [3.05, 3.63) is 39.9 Å². The van der Waals surface area contributed by atoms with Gasteiger partial charge in [0, 0.05) is 23.1 Å². The standard InChI is InChI=1S/C17H16Cl2N2O4/c1-24-14-6-9(18)2-4-13(14)25-8-20-12-7-11(19)16-10(17(12)23)3-5-15(22)21-16/h2,4,6-7,20,23H,3,5,8H2,1H3,(H,21,22). The molecule has 0 unspecified atom stereocenters. The first-order chi connectivity index (χ1) is 12.0. The number of nitrogens with one attached hydrogen (secondary N) is 2. The predicted octanol–water partition coefficient (Wildman–Crippen LogP) is 4.04. The molecule has 132 valence electrons. The van der Waals surface area contributed by atoms with Crippen molar-refractivity contribution in [3.8, 4) is 17.2 Å². The van der Waals surface area contributed by atoms with Crippen molar-refractivity contribution >= 4 is 40.5 Å². The van der Waals surface area contributed by atoms with E-state index in [0.29, 0.717) is 51.3 Å². The second-order valence-electron chi connectivity index (χ2n) is 5.42. The Morgan fingerprint density at radius 3 is 2.80 bits per heavy atom. The molecule has 0 fully saturated rings. The Bertz CT molecular complexity index is 827. The second-order valence-corrected chi connectivity index (χ2v) is 6.26. The van der Waals surface area contributed by atoms with Crippen molar-refractivity contribution in [1.82, 2.24) is 0 Å². The average molecular weight is 383 g/mol. The van der Waals surface area contributed by atoms with E-state index in [9.17, 15) is 9.90 Å². The summed E-state index contributed by atoms with van der Waals surface area (Å²) in [4.78, 5) is 11.5. The van der Waals surface area contributed by atoms with Crippen molar-refractivity contribution < 1.29 is 19.4 Å². The number of ether oxygens (including phenoxy) is 2. The smallest absolute Gasteiger partial charge is 0.224 e. The van der Waals surface area contributed by atoms with Crippen molar-refractivity contribution in [3.63, 3.8) is 0 Å². The molecule has 0 saturated heterocycles. The van der Waals surface area contributed by atoms with Crippen LogP contribution in [0.3, 0.4) is 0 Å². The van der Waals surface area contributed by atoms with Gasteiger partial charge in [-0.25, -0.2) is 0 Å². The molecule has 25 heavy (non-hydrogen) atoms. The molecular weight excluding hydrogens is 367 g/mol. The first-order valence-corrected chi connectivity index (χ1v) is 8.29. The number of amides is 1. The maximum Gasteiger partial charge on any atom is 0.224 e. The zero-order chi connectivity index (χ0) is 18.0. The third-order valence-electron chi connectivity index (χ3n) is 3.84. The summed E-state index contributed by atoms with van der Waals surface area (Å²) in [7, 11) is 1.52. The van der Waals surface area contributed by atoms with Crippen LogP contribution in [0, 0.1) is 0 Å². The van der Waals surface area contributed by atoms with Crippen LogP contribution in [0.4, 0.5) is 11.4 Å². The molecule has 0 atom stereocenters. The number of hydrogen-bond donors (Lipinski definition) is 3. The number of aromatic hydroxyl groups is 1.